The van der Waals surface area contributed by atoms with Gasteiger partial charge in [0, 0.05) is 5.92 Å². The van der Waals surface area contributed by atoms with Crippen molar-refractivity contribution < 1.29 is 14.6 Å². The third kappa shape index (κ3) is 2.37. The minimum Gasteiger partial charge on any atom is -0.516 e. The number of aliphatic hydroxyl groups excluding tert-OH is 1. The Balaban J connectivity index is 2.13. The minimum atomic E-state index is 0.414. The molecule has 0 unspecified atom stereocenters. The first-order valence-electron chi connectivity index (χ1n) is 3.38. The van der Waals surface area contributed by atoms with Crippen molar-refractivity contribution in [3.63, 3.8) is 0 Å². The van der Waals surface area contributed by atoms with E-state index in [1.165, 1.54) is 0 Å². The van der Waals surface area contributed by atoms with Gasteiger partial charge in [-0.3, -0.25) is 0 Å². The highest BCUT2D eigenvalue weighted by atomic mass is 16.7. The third-order valence-electron chi connectivity index (χ3n) is 1.45. The van der Waals surface area contributed by atoms with Gasteiger partial charge in [0.25, 0.3) is 0 Å². The summed E-state index contributed by atoms with van der Waals surface area (Å²) >= 11 is 0. The van der Waals surface area contributed by atoms with Crippen molar-refractivity contribution in [3.05, 3.63) is 12.3 Å². The molecule has 0 aromatic heterocycles. The van der Waals surface area contributed by atoms with Crippen LogP contribution in [0.2, 0.25) is 0 Å². The number of allylic oxidation sites excluding steroid dienone is 1. The van der Waals surface area contributed by atoms with Crippen LogP contribution >= 0.6 is 0 Å². The van der Waals surface area contributed by atoms with Crippen LogP contribution in [-0.2, 0) is 9.47 Å². The fourth-order valence-corrected chi connectivity index (χ4v) is 0.926. The Hall–Kier alpha value is -0.540. The zero-order valence-corrected chi connectivity index (χ0v) is 5.82. The maximum Gasteiger partial charge on any atom is 0.146 e. The summed E-state index contributed by atoms with van der Waals surface area (Å²) in [5, 5.41) is 8.33. The predicted octanol–water partition coefficient (Wildman–Crippen LogP) is 1.07. The summed E-state index contributed by atoms with van der Waals surface area (Å²) in [4.78, 5) is 0. The number of aliphatic hydroxyl groups is 1. The van der Waals surface area contributed by atoms with Crippen molar-refractivity contribution in [1.82, 2.24) is 0 Å². The average molecular weight is 144 g/mol. The molecule has 1 fully saturated rings. The molecule has 0 saturated carbocycles. The molecular formula is C7H12O3. The molecule has 58 valence electrons. The van der Waals surface area contributed by atoms with Gasteiger partial charge in [0.1, 0.15) is 6.79 Å². The molecule has 1 aliphatic rings. The number of rotatable bonds is 2. The molecule has 0 radical (unpaired) electrons. The molecule has 1 aliphatic heterocycles. The second-order valence-corrected chi connectivity index (χ2v) is 2.35. The van der Waals surface area contributed by atoms with Crippen LogP contribution in [0.5, 0.6) is 0 Å². The van der Waals surface area contributed by atoms with Crippen LogP contribution in [0, 0.1) is 5.92 Å². The van der Waals surface area contributed by atoms with Crippen LogP contribution in [0.15, 0.2) is 12.3 Å². The molecule has 1 N–H and O–H groups in total. The first-order chi connectivity index (χ1) is 4.93. The van der Waals surface area contributed by atoms with Crippen molar-refractivity contribution >= 4 is 0 Å². The molecule has 1 rings (SSSR count). The quantitative estimate of drug-likeness (QED) is 0.589. The van der Waals surface area contributed by atoms with Crippen LogP contribution in [0.25, 0.3) is 0 Å². The summed E-state index contributed by atoms with van der Waals surface area (Å²) in [6.07, 6.45) is 3.60. The Labute approximate surface area is 60.3 Å². The monoisotopic (exact) mass is 144 g/mol. The lowest BCUT2D eigenvalue weighted by molar-refractivity contribution is -0.124. The molecule has 0 atom stereocenters. The van der Waals surface area contributed by atoms with E-state index >= 15 is 0 Å². The van der Waals surface area contributed by atoms with Gasteiger partial charge in [0.15, 0.2) is 0 Å². The van der Waals surface area contributed by atoms with Gasteiger partial charge in [-0.15, -0.1) is 0 Å². The molecule has 0 aliphatic carbocycles. The second-order valence-electron chi connectivity index (χ2n) is 2.35. The van der Waals surface area contributed by atoms with E-state index in [9.17, 15) is 0 Å². The molecule has 0 spiro atoms. The average Bonchev–Trinajstić information content (AvgIpc) is 2.03. The van der Waals surface area contributed by atoms with Gasteiger partial charge >= 0.3 is 0 Å². The topological polar surface area (TPSA) is 38.7 Å². The molecule has 0 amide bonds. The first kappa shape index (κ1) is 7.57. The molecule has 1 saturated heterocycles. The van der Waals surface area contributed by atoms with E-state index in [4.69, 9.17) is 14.6 Å². The summed E-state index contributed by atoms with van der Waals surface area (Å²) < 4.78 is 10.1. The smallest absolute Gasteiger partial charge is 0.146 e. The molecular weight excluding hydrogens is 132 g/mol. The van der Waals surface area contributed by atoms with Crippen LogP contribution in [0.1, 0.15) is 6.42 Å². The van der Waals surface area contributed by atoms with Gasteiger partial charge in [-0.05, 0) is 12.5 Å². The Bertz CT molecular complexity index is 105. The Morgan fingerprint density at radius 1 is 1.40 bits per heavy atom. The van der Waals surface area contributed by atoms with Crippen molar-refractivity contribution in [2.24, 2.45) is 5.92 Å². The SMILES string of the molecule is OC=CCC1COCOC1. The van der Waals surface area contributed by atoms with E-state index in [2.05, 4.69) is 0 Å². The highest BCUT2D eigenvalue weighted by Crippen LogP contribution is 2.09. The van der Waals surface area contributed by atoms with Crippen molar-refractivity contribution in [2.45, 2.75) is 6.42 Å². The van der Waals surface area contributed by atoms with Gasteiger partial charge in [-0.1, -0.05) is 0 Å². The van der Waals surface area contributed by atoms with Gasteiger partial charge in [0.05, 0.1) is 19.5 Å². The lowest BCUT2D eigenvalue weighted by Gasteiger charge is -2.20. The van der Waals surface area contributed by atoms with Crippen molar-refractivity contribution in [1.29, 1.82) is 0 Å². The lowest BCUT2D eigenvalue weighted by Crippen LogP contribution is -2.23. The Morgan fingerprint density at radius 3 is 2.70 bits per heavy atom. The Morgan fingerprint density at radius 2 is 2.10 bits per heavy atom. The van der Waals surface area contributed by atoms with Gasteiger partial charge in [-0.25, -0.2) is 0 Å². The largest absolute Gasteiger partial charge is 0.516 e. The number of hydrogen-bond donors (Lipinski definition) is 1. The van der Waals surface area contributed by atoms with Gasteiger partial charge in [-0.2, -0.15) is 0 Å². The van der Waals surface area contributed by atoms with E-state index in [0.29, 0.717) is 12.7 Å². The molecule has 10 heavy (non-hydrogen) atoms. The van der Waals surface area contributed by atoms with E-state index in [1.54, 1.807) is 6.08 Å². The van der Waals surface area contributed by atoms with Crippen LogP contribution in [0.4, 0.5) is 0 Å². The molecule has 3 nitrogen and oxygen atoms in total. The first-order valence-corrected chi connectivity index (χ1v) is 3.38. The maximum atomic E-state index is 8.33. The number of ether oxygens (including phenoxy) is 2. The van der Waals surface area contributed by atoms with Crippen LogP contribution < -0.4 is 0 Å². The molecule has 3 heteroatoms. The van der Waals surface area contributed by atoms with Crippen molar-refractivity contribution in [3.8, 4) is 0 Å². The second kappa shape index (κ2) is 4.30. The Kier molecular flexibility index (Phi) is 3.26. The minimum absolute atomic E-state index is 0.414. The highest BCUT2D eigenvalue weighted by molar-refractivity contribution is 4.76. The summed E-state index contributed by atoms with van der Waals surface area (Å²) in [6.45, 7) is 1.90. The molecule has 1 heterocycles. The highest BCUT2D eigenvalue weighted by Gasteiger charge is 2.11. The fraction of sp³-hybridized carbons (Fsp3) is 0.714. The number of hydrogen-bond acceptors (Lipinski definition) is 3. The van der Waals surface area contributed by atoms with Gasteiger partial charge < -0.3 is 14.6 Å². The summed E-state index contributed by atoms with van der Waals surface area (Å²) in [5.41, 5.74) is 0. The van der Waals surface area contributed by atoms with Crippen molar-refractivity contribution in [2.75, 3.05) is 20.0 Å². The van der Waals surface area contributed by atoms with Crippen LogP contribution in [-0.4, -0.2) is 25.1 Å². The van der Waals surface area contributed by atoms with Crippen LogP contribution in [0.3, 0.4) is 0 Å². The van der Waals surface area contributed by atoms with E-state index in [1.807, 2.05) is 0 Å². The fourth-order valence-electron chi connectivity index (χ4n) is 0.926. The molecule has 0 bridgehead atoms. The zero-order chi connectivity index (χ0) is 7.23. The predicted molar refractivity (Wildman–Crippen MR) is 36.6 cm³/mol. The molecule has 0 aromatic rings. The summed E-state index contributed by atoms with van der Waals surface area (Å²) in [7, 11) is 0. The molecule has 0 aromatic carbocycles. The summed E-state index contributed by atoms with van der Waals surface area (Å²) in [5.74, 6) is 0.414. The normalized spacial score (nSPS) is 22.0. The zero-order valence-electron chi connectivity index (χ0n) is 5.82. The van der Waals surface area contributed by atoms with E-state index in [0.717, 1.165) is 25.9 Å². The van der Waals surface area contributed by atoms with E-state index in [-0.39, 0.29) is 0 Å². The standard InChI is InChI=1S/C7H12O3/c8-3-1-2-7-4-9-6-10-5-7/h1,3,7-8H,2,4-6H2. The van der Waals surface area contributed by atoms with Gasteiger partial charge in [0.2, 0.25) is 0 Å². The van der Waals surface area contributed by atoms with E-state index < -0.39 is 0 Å². The summed E-state index contributed by atoms with van der Waals surface area (Å²) in [6, 6.07) is 0. The third-order valence-corrected chi connectivity index (χ3v) is 1.45. The maximum absolute atomic E-state index is 8.33. The lowest BCUT2D eigenvalue weighted by atomic mass is 10.1.